The van der Waals surface area contributed by atoms with Gasteiger partial charge in [0.05, 0.1) is 11.5 Å². The highest BCUT2D eigenvalue weighted by Crippen LogP contribution is 2.33. The number of ether oxygens (including phenoxy) is 1. The number of nitrogens with one attached hydrogen (secondary N) is 1. The van der Waals surface area contributed by atoms with Crippen molar-refractivity contribution in [3.63, 3.8) is 0 Å². The Bertz CT molecular complexity index is 367. The maximum atomic E-state index is 5.74. The van der Waals surface area contributed by atoms with Crippen molar-refractivity contribution in [1.82, 2.24) is 5.32 Å². The minimum Gasteiger partial charge on any atom is -0.491 e. The Labute approximate surface area is 108 Å². The van der Waals surface area contributed by atoms with Crippen LogP contribution in [-0.4, -0.2) is 17.9 Å². The summed E-state index contributed by atoms with van der Waals surface area (Å²) in [6, 6.07) is 9.05. The molecule has 1 fully saturated rings. The van der Waals surface area contributed by atoms with Gasteiger partial charge in [0.2, 0.25) is 0 Å². The van der Waals surface area contributed by atoms with E-state index in [4.69, 9.17) is 4.74 Å². The highest BCUT2D eigenvalue weighted by atomic mass is 32.2. The van der Waals surface area contributed by atoms with Crippen molar-refractivity contribution >= 4 is 11.8 Å². The maximum absolute atomic E-state index is 5.74. The molecule has 0 bridgehead atoms. The van der Waals surface area contributed by atoms with E-state index < -0.39 is 0 Å². The summed E-state index contributed by atoms with van der Waals surface area (Å²) in [5, 5.41) is 4.03. The quantitative estimate of drug-likeness (QED) is 0.887. The lowest BCUT2D eigenvalue weighted by atomic mass is 10.1. The van der Waals surface area contributed by atoms with Gasteiger partial charge >= 0.3 is 0 Å². The normalized spacial score (nSPS) is 24.9. The molecule has 2 unspecified atom stereocenters. The first-order valence-electron chi connectivity index (χ1n) is 6.29. The summed E-state index contributed by atoms with van der Waals surface area (Å²) in [5.74, 6) is 2.20. The van der Waals surface area contributed by atoms with Crippen LogP contribution in [0, 0.1) is 0 Å². The van der Waals surface area contributed by atoms with E-state index in [0.29, 0.717) is 11.4 Å². The molecule has 0 saturated carbocycles. The Kier molecular flexibility index (Phi) is 4.35. The average molecular weight is 251 g/mol. The Balaban J connectivity index is 2.09. The van der Waals surface area contributed by atoms with E-state index in [-0.39, 0.29) is 6.10 Å². The predicted molar refractivity (Wildman–Crippen MR) is 74.6 cm³/mol. The van der Waals surface area contributed by atoms with Crippen molar-refractivity contribution in [2.24, 2.45) is 0 Å². The van der Waals surface area contributed by atoms with Crippen LogP contribution in [-0.2, 0) is 0 Å². The van der Waals surface area contributed by atoms with Crippen LogP contribution >= 0.6 is 11.8 Å². The van der Waals surface area contributed by atoms with Crippen molar-refractivity contribution in [1.29, 1.82) is 0 Å². The van der Waals surface area contributed by atoms with Gasteiger partial charge in [0.1, 0.15) is 5.75 Å². The first-order valence-corrected chi connectivity index (χ1v) is 7.34. The zero-order valence-corrected chi connectivity index (χ0v) is 11.6. The number of hydrogen-bond acceptors (Lipinski definition) is 3. The van der Waals surface area contributed by atoms with Crippen LogP contribution in [0.1, 0.15) is 38.1 Å². The van der Waals surface area contributed by atoms with Gasteiger partial charge in [-0.3, -0.25) is 5.32 Å². The van der Waals surface area contributed by atoms with Crippen molar-refractivity contribution in [3.05, 3.63) is 29.8 Å². The molecular weight excluding hydrogens is 230 g/mol. The van der Waals surface area contributed by atoms with Gasteiger partial charge in [0, 0.05) is 6.04 Å². The SMILES string of the molecule is CC1CCSC(c2cccc(OC(C)C)c2)N1. The molecule has 0 aliphatic carbocycles. The molecule has 1 aromatic rings. The summed E-state index contributed by atoms with van der Waals surface area (Å²) >= 11 is 1.98. The van der Waals surface area contributed by atoms with Crippen LogP contribution in [0.25, 0.3) is 0 Å². The molecule has 94 valence electrons. The fourth-order valence-corrected chi connectivity index (χ4v) is 3.36. The van der Waals surface area contributed by atoms with Crippen molar-refractivity contribution in [2.45, 2.75) is 44.7 Å². The Morgan fingerprint density at radius 2 is 2.24 bits per heavy atom. The minimum absolute atomic E-state index is 0.233. The lowest BCUT2D eigenvalue weighted by Gasteiger charge is -2.28. The molecule has 1 heterocycles. The molecule has 1 aliphatic rings. The molecule has 2 nitrogen and oxygen atoms in total. The minimum atomic E-state index is 0.233. The highest BCUT2D eigenvalue weighted by Gasteiger charge is 2.20. The molecule has 1 aromatic carbocycles. The molecule has 0 spiro atoms. The van der Waals surface area contributed by atoms with Gasteiger partial charge in [-0.2, -0.15) is 0 Å². The number of thioether (sulfide) groups is 1. The monoisotopic (exact) mass is 251 g/mol. The Morgan fingerprint density at radius 1 is 1.41 bits per heavy atom. The van der Waals surface area contributed by atoms with Crippen LogP contribution in [0.2, 0.25) is 0 Å². The molecule has 0 radical (unpaired) electrons. The lowest BCUT2D eigenvalue weighted by molar-refractivity contribution is 0.242. The van der Waals surface area contributed by atoms with E-state index in [2.05, 4.69) is 44.3 Å². The van der Waals surface area contributed by atoms with Crippen LogP contribution in [0.5, 0.6) is 5.75 Å². The topological polar surface area (TPSA) is 21.3 Å². The zero-order chi connectivity index (χ0) is 12.3. The van der Waals surface area contributed by atoms with E-state index in [9.17, 15) is 0 Å². The van der Waals surface area contributed by atoms with Gasteiger partial charge in [-0.1, -0.05) is 12.1 Å². The van der Waals surface area contributed by atoms with E-state index in [1.54, 1.807) is 0 Å². The van der Waals surface area contributed by atoms with Crippen molar-refractivity contribution < 1.29 is 4.74 Å². The first kappa shape index (κ1) is 12.8. The fourth-order valence-electron chi connectivity index (χ4n) is 1.97. The summed E-state index contributed by atoms with van der Waals surface area (Å²) in [6.07, 6.45) is 1.49. The zero-order valence-electron chi connectivity index (χ0n) is 10.8. The molecule has 1 N–H and O–H groups in total. The van der Waals surface area contributed by atoms with Gasteiger partial charge in [0.25, 0.3) is 0 Å². The van der Waals surface area contributed by atoms with Crippen LogP contribution in [0.4, 0.5) is 0 Å². The second-order valence-electron chi connectivity index (χ2n) is 4.85. The highest BCUT2D eigenvalue weighted by molar-refractivity contribution is 7.99. The Hall–Kier alpha value is -0.670. The van der Waals surface area contributed by atoms with Gasteiger partial charge in [0.15, 0.2) is 0 Å². The summed E-state index contributed by atoms with van der Waals surface area (Å²) in [4.78, 5) is 0. The van der Waals surface area contributed by atoms with E-state index >= 15 is 0 Å². The van der Waals surface area contributed by atoms with Crippen LogP contribution in [0.15, 0.2) is 24.3 Å². The first-order chi connectivity index (χ1) is 8.15. The van der Waals surface area contributed by atoms with E-state index in [1.165, 1.54) is 17.7 Å². The molecule has 0 amide bonds. The van der Waals surface area contributed by atoms with E-state index in [0.717, 1.165) is 5.75 Å². The van der Waals surface area contributed by atoms with E-state index in [1.807, 2.05) is 17.8 Å². The fraction of sp³-hybridized carbons (Fsp3) is 0.571. The van der Waals surface area contributed by atoms with Gasteiger partial charge in [-0.25, -0.2) is 0 Å². The van der Waals surface area contributed by atoms with Crippen LogP contribution < -0.4 is 10.1 Å². The van der Waals surface area contributed by atoms with Crippen LogP contribution in [0.3, 0.4) is 0 Å². The Morgan fingerprint density at radius 3 is 2.94 bits per heavy atom. The summed E-state index contributed by atoms with van der Waals surface area (Å²) in [5.41, 5.74) is 1.32. The second-order valence-corrected chi connectivity index (χ2v) is 6.06. The standard InChI is InChI=1S/C14H21NOS/c1-10(2)16-13-6-4-5-12(9-13)14-15-11(3)7-8-17-14/h4-6,9-11,14-15H,7-8H2,1-3H3. The molecule has 2 rings (SSSR count). The molecule has 0 aromatic heterocycles. The maximum Gasteiger partial charge on any atom is 0.120 e. The van der Waals surface area contributed by atoms with Gasteiger partial charge in [-0.15, -0.1) is 11.8 Å². The molecule has 2 atom stereocenters. The number of rotatable bonds is 3. The summed E-state index contributed by atoms with van der Waals surface area (Å²) in [6.45, 7) is 6.37. The molecule has 3 heteroatoms. The second kappa shape index (κ2) is 5.78. The molecule has 17 heavy (non-hydrogen) atoms. The third-order valence-corrected chi connectivity index (χ3v) is 4.02. The summed E-state index contributed by atoms with van der Waals surface area (Å²) < 4.78 is 5.74. The number of hydrogen-bond donors (Lipinski definition) is 1. The largest absolute Gasteiger partial charge is 0.491 e. The van der Waals surface area contributed by atoms with Gasteiger partial charge in [-0.05, 0) is 50.6 Å². The summed E-state index contributed by atoms with van der Waals surface area (Å²) in [7, 11) is 0. The van der Waals surface area contributed by atoms with Gasteiger partial charge < -0.3 is 4.74 Å². The third-order valence-electron chi connectivity index (χ3n) is 2.80. The van der Waals surface area contributed by atoms with Crippen molar-refractivity contribution in [3.8, 4) is 5.75 Å². The lowest BCUT2D eigenvalue weighted by Crippen LogP contribution is -2.33. The predicted octanol–water partition coefficient (Wildman–Crippen LogP) is 3.59. The molecule has 1 saturated heterocycles. The average Bonchev–Trinajstić information content (AvgIpc) is 2.28. The third kappa shape index (κ3) is 3.65. The molecule has 1 aliphatic heterocycles. The number of benzene rings is 1. The molecular formula is C14H21NOS. The van der Waals surface area contributed by atoms with Crippen molar-refractivity contribution in [2.75, 3.05) is 5.75 Å². The smallest absolute Gasteiger partial charge is 0.120 e.